The summed E-state index contributed by atoms with van der Waals surface area (Å²) in [7, 11) is 2.16. The molecule has 0 radical (unpaired) electrons. The van der Waals surface area contributed by atoms with Crippen LogP contribution in [-0.2, 0) is 6.42 Å². The van der Waals surface area contributed by atoms with Crippen LogP contribution in [0.2, 0.25) is 5.15 Å². The van der Waals surface area contributed by atoms with Crippen LogP contribution in [-0.4, -0.2) is 41.1 Å². The van der Waals surface area contributed by atoms with Gasteiger partial charge in [0.25, 0.3) is 0 Å². The fraction of sp³-hybridized carbons (Fsp3) is 0.714. The van der Waals surface area contributed by atoms with Crippen molar-refractivity contribution >= 4 is 11.6 Å². The maximum absolute atomic E-state index is 6.12. The minimum Gasteiger partial charge on any atom is -0.476 e. The summed E-state index contributed by atoms with van der Waals surface area (Å²) < 4.78 is 5.90. The molecule has 4 nitrogen and oxygen atoms in total. The van der Waals surface area contributed by atoms with Crippen LogP contribution in [0.25, 0.3) is 0 Å². The van der Waals surface area contributed by atoms with Crippen LogP contribution >= 0.6 is 11.6 Å². The third-order valence-electron chi connectivity index (χ3n) is 3.69. The second-order valence-electron chi connectivity index (χ2n) is 5.14. The molecule has 2 rings (SSSR count). The Morgan fingerprint density at radius 2 is 2.26 bits per heavy atom. The van der Waals surface area contributed by atoms with Crippen molar-refractivity contribution in [2.45, 2.75) is 45.1 Å². The Morgan fingerprint density at radius 1 is 1.42 bits per heavy atom. The first kappa shape index (κ1) is 14.5. The predicted octanol–water partition coefficient (Wildman–Crippen LogP) is 2.95. The smallest absolute Gasteiger partial charge is 0.221 e. The molecule has 0 saturated carbocycles. The van der Waals surface area contributed by atoms with Crippen molar-refractivity contribution in [2.24, 2.45) is 0 Å². The van der Waals surface area contributed by atoms with Gasteiger partial charge in [-0.25, -0.2) is 9.97 Å². The Bertz CT molecular complexity index is 414. The highest BCUT2D eigenvalue weighted by Gasteiger charge is 2.20. The molecule has 1 aromatic rings. The highest BCUT2D eigenvalue weighted by atomic mass is 35.5. The second kappa shape index (κ2) is 7.06. The minimum atomic E-state index is 0.483. The van der Waals surface area contributed by atoms with E-state index in [4.69, 9.17) is 16.3 Å². The number of likely N-dealkylation sites (N-methyl/N-ethyl adjacent to an activating group) is 1. The first-order valence-corrected chi connectivity index (χ1v) is 7.42. The van der Waals surface area contributed by atoms with E-state index in [1.54, 1.807) is 0 Å². The number of halogens is 1. The number of aromatic nitrogens is 2. The lowest BCUT2D eigenvalue weighted by molar-refractivity contribution is 0.122. The molecule has 2 heterocycles. The van der Waals surface area contributed by atoms with Gasteiger partial charge in [-0.05, 0) is 32.9 Å². The van der Waals surface area contributed by atoms with E-state index in [-0.39, 0.29) is 0 Å². The molecule has 0 N–H and O–H groups in total. The van der Waals surface area contributed by atoms with Gasteiger partial charge in [0.05, 0.1) is 5.56 Å². The van der Waals surface area contributed by atoms with Crippen molar-refractivity contribution in [1.82, 2.24) is 14.9 Å². The molecule has 0 aromatic carbocycles. The molecular weight excluding hydrogens is 262 g/mol. The Hall–Kier alpha value is -0.870. The van der Waals surface area contributed by atoms with E-state index in [1.165, 1.54) is 25.6 Å². The zero-order valence-electron chi connectivity index (χ0n) is 11.7. The molecule has 1 atom stereocenters. The van der Waals surface area contributed by atoms with Gasteiger partial charge in [-0.2, -0.15) is 0 Å². The lowest BCUT2D eigenvalue weighted by Gasteiger charge is -2.32. The molecule has 0 bridgehead atoms. The Balaban J connectivity index is 2.00. The molecule has 1 saturated heterocycles. The van der Waals surface area contributed by atoms with Gasteiger partial charge in [0.2, 0.25) is 5.88 Å². The fourth-order valence-electron chi connectivity index (χ4n) is 2.49. The van der Waals surface area contributed by atoms with Crippen molar-refractivity contribution in [2.75, 3.05) is 20.2 Å². The molecule has 1 fully saturated rings. The maximum Gasteiger partial charge on any atom is 0.221 e. The summed E-state index contributed by atoms with van der Waals surface area (Å²) in [6, 6.07) is 0.483. The van der Waals surface area contributed by atoms with E-state index < -0.39 is 0 Å². The maximum atomic E-state index is 6.12. The Morgan fingerprint density at radius 3 is 3.00 bits per heavy atom. The van der Waals surface area contributed by atoms with Crippen LogP contribution in [0.1, 0.15) is 38.2 Å². The topological polar surface area (TPSA) is 38.3 Å². The first-order valence-electron chi connectivity index (χ1n) is 7.04. The zero-order chi connectivity index (χ0) is 13.7. The van der Waals surface area contributed by atoms with Crippen LogP contribution in [0.15, 0.2) is 6.33 Å². The third kappa shape index (κ3) is 3.80. The van der Waals surface area contributed by atoms with Crippen molar-refractivity contribution in [3.05, 3.63) is 17.0 Å². The fourth-order valence-corrected chi connectivity index (χ4v) is 2.71. The minimum absolute atomic E-state index is 0.483. The molecular formula is C14H22ClN3O. The molecule has 1 unspecified atom stereocenters. The van der Waals surface area contributed by atoms with Gasteiger partial charge in [-0.1, -0.05) is 31.4 Å². The van der Waals surface area contributed by atoms with E-state index >= 15 is 0 Å². The summed E-state index contributed by atoms with van der Waals surface area (Å²) in [5.41, 5.74) is 0.935. The van der Waals surface area contributed by atoms with Crippen molar-refractivity contribution in [3.8, 4) is 5.88 Å². The number of likely N-dealkylation sites (tertiary alicyclic amines) is 1. The Kier molecular flexibility index (Phi) is 5.40. The highest BCUT2D eigenvalue weighted by molar-refractivity contribution is 6.30. The average Bonchev–Trinajstić information content (AvgIpc) is 2.41. The summed E-state index contributed by atoms with van der Waals surface area (Å²) in [6.45, 7) is 3.95. The largest absolute Gasteiger partial charge is 0.476 e. The Labute approximate surface area is 120 Å². The normalized spacial score (nSPS) is 20.5. The van der Waals surface area contributed by atoms with Gasteiger partial charge in [0, 0.05) is 6.04 Å². The summed E-state index contributed by atoms with van der Waals surface area (Å²) in [5, 5.41) is 0.517. The quantitative estimate of drug-likeness (QED) is 0.779. The molecule has 5 heteroatoms. The van der Waals surface area contributed by atoms with Crippen molar-refractivity contribution in [3.63, 3.8) is 0 Å². The summed E-state index contributed by atoms with van der Waals surface area (Å²) in [4.78, 5) is 10.6. The van der Waals surface area contributed by atoms with Crippen LogP contribution in [0, 0.1) is 0 Å². The molecule has 1 aliphatic heterocycles. The third-order valence-corrected chi connectivity index (χ3v) is 4.01. The van der Waals surface area contributed by atoms with Crippen molar-refractivity contribution in [1.29, 1.82) is 0 Å². The van der Waals surface area contributed by atoms with Gasteiger partial charge in [0.15, 0.2) is 0 Å². The number of nitrogens with zero attached hydrogens (tertiary/aromatic N) is 3. The lowest BCUT2D eigenvalue weighted by Crippen LogP contribution is -2.40. The van der Waals surface area contributed by atoms with Gasteiger partial charge >= 0.3 is 0 Å². The van der Waals surface area contributed by atoms with Crippen LogP contribution < -0.4 is 4.74 Å². The zero-order valence-corrected chi connectivity index (χ0v) is 12.5. The van der Waals surface area contributed by atoms with Gasteiger partial charge in [0.1, 0.15) is 18.1 Å². The molecule has 0 amide bonds. The highest BCUT2D eigenvalue weighted by Crippen LogP contribution is 2.24. The summed E-state index contributed by atoms with van der Waals surface area (Å²) >= 11 is 6.12. The summed E-state index contributed by atoms with van der Waals surface area (Å²) in [6.07, 6.45) is 7.10. The van der Waals surface area contributed by atoms with E-state index in [0.717, 1.165) is 24.9 Å². The molecule has 1 aliphatic rings. The number of hydrogen-bond acceptors (Lipinski definition) is 4. The second-order valence-corrected chi connectivity index (χ2v) is 5.50. The van der Waals surface area contributed by atoms with E-state index in [1.807, 2.05) is 0 Å². The van der Waals surface area contributed by atoms with Crippen LogP contribution in [0.5, 0.6) is 5.88 Å². The summed E-state index contributed by atoms with van der Waals surface area (Å²) in [5.74, 6) is 0.654. The number of hydrogen-bond donors (Lipinski definition) is 0. The standard InChI is InChI=1S/C14H22ClN3O/c1-3-6-12-13(15)16-10-17-14(12)19-9-11-7-4-5-8-18(11)2/h10-11H,3-9H2,1-2H3. The number of ether oxygens (including phenoxy) is 1. The molecule has 19 heavy (non-hydrogen) atoms. The molecule has 0 spiro atoms. The van der Waals surface area contributed by atoms with Crippen molar-refractivity contribution < 1.29 is 4.74 Å². The molecule has 1 aromatic heterocycles. The predicted molar refractivity (Wildman–Crippen MR) is 76.8 cm³/mol. The number of rotatable bonds is 5. The van der Waals surface area contributed by atoms with E-state index in [9.17, 15) is 0 Å². The van der Waals surface area contributed by atoms with Gasteiger partial charge in [-0.3, -0.25) is 0 Å². The lowest BCUT2D eigenvalue weighted by atomic mass is 10.0. The van der Waals surface area contributed by atoms with Gasteiger partial charge in [-0.15, -0.1) is 0 Å². The number of piperidine rings is 1. The van der Waals surface area contributed by atoms with Crippen LogP contribution in [0.3, 0.4) is 0 Å². The van der Waals surface area contributed by atoms with Gasteiger partial charge < -0.3 is 9.64 Å². The first-order chi connectivity index (χ1) is 9.22. The average molecular weight is 284 g/mol. The van der Waals surface area contributed by atoms with E-state index in [0.29, 0.717) is 23.7 Å². The van der Waals surface area contributed by atoms with Crippen LogP contribution in [0.4, 0.5) is 0 Å². The monoisotopic (exact) mass is 283 g/mol. The molecule has 106 valence electrons. The molecule has 0 aliphatic carbocycles. The van der Waals surface area contributed by atoms with E-state index in [2.05, 4.69) is 28.8 Å². The SMILES string of the molecule is CCCc1c(Cl)ncnc1OCC1CCCCN1C.